The van der Waals surface area contributed by atoms with E-state index in [4.69, 9.17) is 9.47 Å². The van der Waals surface area contributed by atoms with E-state index in [9.17, 15) is 9.59 Å². The number of esters is 1. The molecular formula is C14H17NO4. The van der Waals surface area contributed by atoms with Gasteiger partial charge in [0.1, 0.15) is 5.75 Å². The van der Waals surface area contributed by atoms with Gasteiger partial charge < -0.3 is 14.8 Å². The molecule has 0 heterocycles. The number of carbonyl (C=O) groups excluding carboxylic acids is 2. The van der Waals surface area contributed by atoms with Crippen molar-refractivity contribution in [2.75, 3.05) is 19.0 Å². The second-order valence-corrected chi connectivity index (χ2v) is 3.69. The highest BCUT2D eigenvalue weighted by atomic mass is 16.5. The number of nitrogens with one attached hydrogen (secondary N) is 1. The van der Waals surface area contributed by atoms with Gasteiger partial charge in [-0.05, 0) is 18.6 Å². The van der Waals surface area contributed by atoms with Gasteiger partial charge in [-0.15, -0.1) is 0 Å². The summed E-state index contributed by atoms with van der Waals surface area (Å²) in [5.41, 5.74) is 0.543. The summed E-state index contributed by atoms with van der Waals surface area (Å²) in [5.74, 6) is -0.396. The Morgan fingerprint density at radius 3 is 2.68 bits per heavy atom. The van der Waals surface area contributed by atoms with E-state index in [-0.39, 0.29) is 0 Å². The molecule has 0 aliphatic heterocycles. The second kappa shape index (κ2) is 7.92. The molecule has 0 aliphatic carbocycles. The van der Waals surface area contributed by atoms with Crippen molar-refractivity contribution >= 4 is 17.6 Å². The molecule has 0 aliphatic rings. The molecule has 1 N–H and O–H groups in total. The number of hydrogen-bond acceptors (Lipinski definition) is 4. The van der Waals surface area contributed by atoms with Crippen LogP contribution in [-0.2, 0) is 14.3 Å². The van der Waals surface area contributed by atoms with Gasteiger partial charge in [0, 0.05) is 12.2 Å². The third-order valence-electron chi connectivity index (χ3n) is 2.18. The van der Waals surface area contributed by atoms with Crippen molar-refractivity contribution in [2.45, 2.75) is 13.3 Å². The van der Waals surface area contributed by atoms with Gasteiger partial charge in [0.2, 0.25) is 5.91 Å². The number of rotatable bonds is 6. The van der Waals surface area contributed by atoms with E-state index in [1.807, 2.05) is 6.92 Å². The predicted molar refractivity (Wildman–Crippen MR) is 72.0 cm³/mol. The Balaban J connectivity index is 2.55. The fourth-order valence-electron chi connectivity index (χ4n) is 1.32. The molecule has 1 rings (SSSR count). The van der Waals surface area contributed by atoms with E-state index in [0.717, 1.165) is 18.6 Å². The predicted octanol–water partition coefficient (Wildman–Crippen LogP) is 2.14. The Morgan fingerprint density at radius 1 is 1.26 bits per heavy atom. The van der Waals surface area contributed by atoms with Crippen LogP contribution in [0, 0.1) is 0 Å². The van der Waals surface area contributed by atoms with Crippen molar-refractivity contribution in [1.29, 1.82) is 0 Å². The molecule has 5 nitrogen and oxygen atoms in total. The van der Waals surface area contributed by atoms with Gasteiger partial charge in [-0.3, -0.25) is 4.79 Å². The van der Waals surface area contributed by atoms with E-state index < -0.39 is 11.9 Å². The van der Waals surface area contributed by atoms with Gasteiger partial charge in [-0.1, -0.05) is 19.1 Å². The van der Waals surface area contributed by atoms with Gasteiger partial charge in [-0.25, -0.2) is 4.79 Å². The van der Waals surface area contributed by atoms with Crippen molar-refractivity contribution < 1.29 is 19.1 Å². The highest BCUT2D eigenvalue weighted by Gasteiger charge is 2.04. The largest absolute Gasteiger partial charge is 0.495 e. The van der Waals surface area contributed by atoms with E-state index >= 15 is 0 Å². The lowest BCUT2D eigenvalue weighted by Crippen LogP contribution is -2.10. The minimum absolute atomic E-state index is 0.345. The highest BCUT2D eigenvalue weighted by Crippen LogP contribution is 2.22. The van der Waals surface area contributed by atoms with Gasteiger partial charge in [0.05, 0.1) is 19.4 Å². The number of carbonyl (C=O) groups is 2. The van der Waals surface area contributed by atoms with Gasteiger partial charge >= 0.3 is 5.97 Å². The molecule has 1 aromatic rings. The van der Waals surface area contributed by atoms with Crippen LogP contribution in [0.4, 0.5) is 5.69 Å². The summed E-state index contributed by atoms with van der Waals surface area (Å²) in [6.07, 6.45) is 2.97. The van der Waals surface area contributed by atoms with Crippen molar-refractivity contribution in [3.05, 3.63) is 36.4 Å². The van der Waals surface area contributed by atoms with E-state index in [1.165, 1.54) is 7.11 Å². The molecule has 19 heavy (non-hydrogen) atoms. The Labute approximate surface area is 112 Å². The first-order valence-electron chi connectivity index (χ1n) is 5.96. The van der Waals surface area contributed by atoms with Crippen LogP contribution < -0.4 is 10.1 Å². The monoisotopic (exact) mass is 263 g/mol. The maximum Gasteiger partial charge on any atom is 0.330 e. The quantitative estimate of drug-likeness (QED) is 0.631. The summed E-state index contributed by atoms with van der Waals surface area (Å²) in [7, 11) is 1.52. The van der Waals surface area contributed by atoms with Gasteiger partial charge in [-0.2, -0.15) is 0 Å². The maximum atomic E-state index is 11.6. The number of anilines is 1. The smallest absolute Gasteiger partial charge is 0.330 e. The maximum absolute atomic E-state index is 11.6. The second-order valence-electron chi connectivity index (χ2n) is 3.69. The topological polar surface area (TPSA) is 64.6 Å². The SMILES string of the molecule is CCCOC(=O)/C=C/C(=O)Nc1ccccc1OC. The van der Waals surface area contributed by atoms with Crippen LogP contribution in [-0.4, -0.2) is 25.6 Å². The third kappa shape index (κ3) is 5.25. The number of para-hydroxylation sites is 2. The first-order valence-corrected chi connectivity index (χ1v) is 5.96. The summed E-state index contributed by atoms with van der Waals surface area (Å²) in [5, 5.41) is 2.61. The highest BCUT2D eigenvalue weighted by molar-refractivity contribution is 6.03. The molecule has 0 saturated heterocycles. The summed E-state index contributed by atoms with van der Waals surface area (Å²) < 4.78 is 9.90. The summed E-state index contributed by atoms with van der Waals surface area (Å²) in [4.78, 5) is 22.8. The first kappa shape index (κ1) is 14.8. The van der Waals surface area contributed by atoms with Crippen molar-refractivity contribution in [3.8, 4) is 5.75 Å². The van der Waals surface area contributed by atoms with Crippen molar-refractivity contribution in [3.63, 3.8) is 0 Å². The average Bonchev–Trinajstić information content (AvgIpc) is 2.43. The molecule has 0 radical (unpaired) electrons. The van der Waals surface area contributed by atoms with Crippen LogP contribution in [0.15, 0.2) is 36.4 Å². The molecular weight excluding hydrogens is 246 g/mol. The normalized spacial score (nSPS) is 10.2. The lowest BCUT2D eigenvalue weighted by molar-refractivity contribution is -0.137. The number of ether oxygens (including phenoxy) is 2. The number of methoxy groups -OCH3 is 1. The molecule has 0 spiro atoms. The van der Waals surface area contributed by atoms with Crippen LogP contribution in [0.3, 0.4) is 0 Å². The van der Waals surface area contributed by atoms with Gasteiger partial charge in [0.25, 0.3) is 0 Å². The Morgan fingerprint density at radius 2 is 2.00 bits per heavy atom. The Bertz CT molecular complexity index is 468. The average molecular weight is 263 g/mol. The number of amides is 1. The fourth-order valence-corrected chi connectivity index (χ4v) is 1.32. The minimum atomic E-state index is -0.531. The first-order chi connectivity index (χ1) is 9.17. The van der Waals surface area contributed by atoms with E-state index in [0.29, 0.717) is 18.0 Å². The zero-order valence-corrected chi connectivity index (χ0v) is 11.0. The van der Waals surface area contributed by atoms with Crippen molar-refractivity contribution in [1.82, 2.24) is 0 Å². The van der Waals surface area contributed by atoms with Crippen LogP contribution in [0.5, 0.6) is 5.75 Å². The molecule has 0 saturated carbocycles. The lowest BCUT2D eigenvalue weighted by atomic mass is 10.3. The number of hydrogen-bond donors (Lipinski definition) is 1. The van der Waals surface area contributed by atoms with E-state index in [2.05, 4.69) is 5.32 Å². The molecule has 0 atom stereocenters. The van der Waals surface area contributed by atoms with Crippen LogP contribution in [0.2, 0.25) is 0 Å². The lowest BCUT2D eigenvalue weighted by Gasteiger charge is -2.07. The van der Waals surface area contributed by atoms with Gasteiger partial charge in [0.15, 0.2) is 0 Å². The Hall–Kier alpha value is -2.30. The summed E-state index contributed by atoms with van der Waals surface area (Å²) in [6, 6.07) is 7.01. The zero-order valence-electron chi connectivity index (χ0n) is 11.0. The molecule has 5 heteroatoms. The van der Waals surface area contributed by atoms with Crippen LogP contribution >= 0.6 is 0 Å². The minimum Gasteiger partial charge on any atom is -0.495 e. The molecule has 1 aromatic carbocycles. The molecule has 0 fully saturated rings. The van der Waals surface area contributed by atoms with E-state index in [1.54, 1.807) is 24.3 Å². The Kier molecular flexibility index (Phi) is 6.15. The molecule has 1 amide bonds. The standard InChI is InChI=1S/C14H17NO4/c1-3-10-19-14(17)9-8-13(16)15-11-6-4-5-7-12(11)18-2/h4-9H,3,10H2,1-2H3,(H,15,16)/b9-8+. The summed E-state index contributed by atoms with van der Waals surface area (Å²) in [6.45, 7) is 2.24. The van der Waals surface area contributed by atoms with Crippen LogP contribution in [0.25, 0.3) is 0 Å². The molecule has 102 valence electrons. The molecule has 0 unspecified atom stereocenters. The third-order valence-corrected chi connectivity index (χ3v) is 2.18. The zero-order chi connectivity index (χ0) is 14.1. The van der Waals surface area contributed by atoms with Crippen molar-refractivity contribution in [2.24, 2.45) is 0 Å². The molecule has 0 bridgehead atoms. The fraction of sp³-hybridized carbons (Fsp3) is 0.286. The summed E-state index contributed by atoms with van der Waals surface area (Å²) >= 11 is 0. The molecule has 0 aromatic heterocycles. The number of benzene rings is 1. The van der Waals surface area contributed by atoms with Crippen LogP contribution in [0.1, 0.15) is 13.3 Å².